The predicted molar refractivity (Wildman–Crippen MR) is 60.7 cm³/mol. The van der Waals surface area contributed by atoms with Crippen molar-refractivity contribution in [3.63, 3.8) is 0 Å². The van der Waals surface area contributed by atoms with E-state index in [1.165, 1.54) is 4.88 Å². The van der Waals surface area contributed by atoms with Crippen LogP contribution in [0.25, 0.3) is 0 Å². The van der Waals surface area contributed by atoms with Crippen molar-refractivity contribution >= 4 is 27.3 Å². The largest absolute Gasteiger partial charge is 0.486 e. The highest BCUT2D eigenvalue weighted by molar-refractivity contribution is 9.10. The molecule has 0 aliphatic rings. The van der Waals surface area contributed by atoms with Crippen molar-refractivity contribution in [2.75, 3.05) is 13.7 Å². The molecular weight excluding hydrogens is 250 g/mol. The molecular formula is C9H14BrNOS. The molecule has 1 rings (SSSR count). The van der Waals surface area contributed by atoms with Gasteiger partial charge in [-0.3, -0.25) is 0 Å². The summed E-state index contributed by atoms with van der Waals surface area (Å²) in [6.45, 7) is 2.92. The Morgan fingerprint density at radius 2 is 2.38 bits per heavy atom. The Bertz CT molecular complexity index is 275. The molecule has 0 aliphatic carbocycles. The Labute approximate surface area is 91.2 Å². The van der Waals surface area contributed by atoms with Crippen LogP contribution in [0.1, 0.15) is 24.1 Å². The summed E-state index contributed by atoms with van der Waals surface area (Å²) in [5, 5.41) is 0.943. The van der Waals surface area contributed by atoms with E-state index in [4.69, 9.17) is 10.5 Å². The predicted octanol–water partition coefficient (Wildman–Crippen LogP) is 2.97. The standard InChI is InChI=1S/C9H14BrNOS/c1-6(3-4-11)8-5-7(10)9(12-2)13-8/h5-6H,3-4,11H2,1-2H3. The summed E-state index contributed by atoms with van der Waals surface area (Å²) < 4.78 is 6.23. The van der Waals surface area contributed by atoms with Crippen LogP contribution < -0.4 is 10.5 Å². The van der Waals surface area contributed by atoms with Gasteiger partial charge in [-0.15, -0.1) is 11.3 Å². The Balaban J connectivity index is 2.77. The molecule has 1 atom stereocenters. The van der Waals surface area contributed by atoms with Crippen LogP contribution in [0.3, 0.4) is 0 Å². The SMILES string of the molecule is COc1sc(C(C)CCN)cc1Br. The third kappa shape index (κ3) is 2.69. The maximum atomic E-state index is 5.51. The van der Waals surface area contributed by atoms with Crippen LogP contribution in [-0.2, 0) is 0 Å². The summed E-state index contributed by atoms with van der Waals surface area (Å²) in [5.74, 6) is 0.523. The molecule has 0 aliphatic heterocycles. The van der Waals surface area contributed by atoms with Crippen molar-refractivity contribution in [2.24, 2.45) is 5.73 Å². The molecule has 2 N–H and O–H groups in total. The van der Waals surface area contributed by atoms with Gasteiger partial charge in [0.25, 0.3) is 0 Å². The van der Waals surface area contributed by atoms with Crippen molar-refractivity contribution in [1.82, 2.24) is 0 Å². The molecule has 0 spiro atoms. The highest BCUT2D eigenvalue weighted by atomic mass is 79.9. The number of methoxy groups -OCH3 is 1. The minimum Gasteiger partial charge on any atom is -0.486 e. The van der Waals surface area contributed by atoms with E-state index in [1.54, 1.807) is 18.4 Å². The molecule has 0 bridgehead atoms. The molecule has 74 valence electrons. The highest BCUT2D eigenvalue weighted by Gasteiger charge is 2.11. The Morgan fingerprint density at radius 1 is 1.69 bits per heavy atom. The zero-order chi connectivity index (χ0) is 9.84. The molecule has 1 heterocycles. The van der Waals surface area contributed by atoms with Gasteiger partial charge in [0.1, 0.15) is 0 Å². The van der Waals surface area contributed by atoms with E-state index in [9.17, 15) is 0 Å². The van der Waals surface area contributed by atoms with Crippen molar-refractivity contribution in [3.05, 3.63) is 15.4 Å². The van der Waals surface area contributed by atoms with E-state index < -0.39 is 0 Å². The maximum absolute atomic E-state index is 5.51. The zero-order valence-corrected chi connectivity index (χ0v) is 10.2. The molecule has 0 aromatic carbocycles. The van der Waals surface area contributed by atoms with Crippen LogP contribution in [0.2, 0.25) is 0 Å². The second kappa shape index (κ2) is 4.98. The first-order valence-electron chi connectivity index (χ1n) is 4.22. The second-order valence-corrected chi connectivity index (χ2v) is 4.87. The van der Waals surface area contributed by atoms with Gasteiger partial charge in [-0.2, -0.15) is 0 Å². The third-order valence-electron chi connectivity index (χ3n) is 1.95. The summed E-state index contributed by atoms with van der Waals surface area (Å²) in [6.07, 6.45) is 1.02. The Kier molecular flexibility index (Phi) is 4.22. The lowest BCUT2D eigenvalue weighted by Crippen LogP contribution is -2.03. The average Bonchev–Trinajstić information content (AvgIpc) is 2.47. The minimum absolute atomic E-state index is 0.523. The number of halogens is 1. The zero-order valence-electron chi connectivity index (χ0n) is 7.84. The van der Waals surface area contributed by atoms with Crippen LogP contribution >= 0.6 is 27.3 Å². The van der Waals surface area contributed by atoms with Gasteiger partial charge in [-0.1, -0.05) is 6.92 Å². The van der Waals surface area contributed by atoms with Crippen molar-refractivity contribution in [2.45, 2.75) is 19.3 Å². The van der Waals surface area contributed by atoms with Crippen molar-refractivity contribution in [3.8, 4) is 5.06 Å². The van der Waals surface area contributed by atoms with Crippen molar-refractivity contribution < 1.29 is 4.74 Å². The van der Waals surface area contributed by atoms with Gasteiger partial charge in [-0.05, 0) is 40.9 Å². The fourth-order valence-corrected chi connectivity index (χ4v) is 2.90. The van der Waals surface area contributed by atoms with Crippen LogP contribution in [0.15, 0.2) is 10.5 Å². The van der Waals surface area contributed by atoms with Gasteiger partial charge < -0.3 is 10.5 Å². The number of hydrogen-bond donors (Lipinski definition) is 1. The summed E-state index contributed by atoms with van der Waals surface area (Å²) in [5.41, 5.74) is 5.51. The van der Waals surface area contributed by atoms with Gasteiger partial charge in [0.15, 0.2) is 5.06 Å². The second-order valence-electron chi connectivity index (χ2n) is 2.97. The third-order valence-corrected chi connectivity index (χ3v) is 4.12. The van der Waals surface area contributed by atoms with Crippen LogP contribution in [0, 0.1) is 0 Å². The molecule has 0 radical (unpaired) electrons. The minimum atomic E-state index is 0.523. The monoisotopic (exact) mass is 263 g/mol. The van der Waals surface area contributed by atoms with Crippen molar-refractivity contribution in [1.29, 1.82) is 0 Å². The van der Waals surface area contributed by atoms with Crippen LogP contribution in [0.5, 0.6) is 5.06 Å². The fraction of sp³-hybridized carbons (Fsp3) is 0.556. The fourth-order valence-electron chi connectivity index (χ4n) is 1.14. The lowest BCUT2D eigenvalue weighted by atomic mass is 10.1. The number of nitrogens with two attached hydrogens (primary N) is 1. The van der Waals surface area contributed by atoms with E-state index in [0.29, 0.717) is 5.92 Å². The first kappa shape index (κ1) is 11.0. The van der Waals surface area contributed by atoms with Crippen LogP contribution in [-0.4, -0.2) is 13.7 Å². The normalized spacial score (nSPS) is 12.9. The van der Waals surface area contributed by atoms with E-state index in [-0.39, 0.29) is 0 Å². The lowest BCUT2D eigenvalue weighted by molar-refractivity contribution is 0.425. The molecule has 0 saturated carbocycles. The number of thiophene rings is 1. The first-order valence-corrected chi connectivity index (χ1v) is 5.83. The van der Waals surface area contributed by atoms with Gasteiger partial charge in [0, 0.05) is 4.88 Å². The summed E-state index contributed by atoms with van der Waals surface area (Å²) in [4.78, 5) is 1.33. The molecule has 1 unspecified atom stereocenters. The molecule has 1 aromatic rings. The van der Waals surface area contributed by atoms with Gasteiger partial charge >= 0.3 is 0 Å². The summed E-state index contributed by atoms with van der Waals surface area (Å²) in [6, 6.07) is 2.11. The number of hydrogen-bond acceptors (Lipinski definition) is 3. The molecule has 0 saturated heterocycles. The molecule has 0 amide bonds. The van der Waals surface area contributed by atoms with Crippen LogP contribution in [0.4, 0.5) is 0 Å². The van der Waals surface area contributed by atoms with Gasteiger partial charge in [0.05, 0.1) is 11.6 Å². The average molecular weight is 264 g/mol. The summed E-state index contributed by atoms with van der Waals surface area (Å²) >= 11 is 5.13. The molecule has 4 heteroatoms. The quantitative estimate of drug-likeness (QED) is 0.907. The van der Waals surface area contributed by atoms with E-state index in [2.05, 4.69) is 28.9 Å². The molecule has 0 fully saturated rings. The first-order chi connectivity index (χ1) is 6.19. The number of rotatable bonds is 4. The molecule has 1 aromatic heterocycles. The lowest BCUT2D eigenvalue weighted by Gasteiger charge is -2.05. The number of ether oxygens (including phenoxy) is 1. The van der Waals surface area contributed by atoms with E-state index >= 15 is 0 Å². The molecule has 13 heavy (non-hydrogen) atoms. The maximum Gasteiger partial charge on any atom is 0.188 e. The highest BCUT2D eigenvalue weighted by Crippen LogP contribution is 2.38. The van der Waals surface area contributed by atoms with E-state index in [1.807, 2.05) is 0 Å². The van der Waals surface area contributed by atoms with Gasteiger partial charge in [0.2, 0.25) is 0 Å². The Morgan fingerprint density at radius 3 is 2.85 bits per heavy atom. The molecule has 2 nitrogen and oxygen atoms in total. The van der Waals surface area contributed by atoms with Gasteiger partial charge in [-0.25, -0.2) is 0 Å². The Hall–Kier alpha value is -0.0600. The smallest absolute Gasteiger partial charge is 0.188 e. The topological polar surface area (TPSA) is 35.2 Å². The van der Waals surface area contributed by atoms with E-state index in [0.717, 1.165) is 22.5 Å². The summed E-state index contributed by atoms with van der Waals surface area (Å²) in [7, 11) is 1.69.